The molecule has 0 radical (unpaired) electrons. The van der Waals surface area contributed by atoms with Crippen molar-refractivity contribution in [2.75, 3.05) is 20.3 Å². The van der Waals surface area contributed by atoms with Crippen LogP contribution in [-0.4, -0.2) is 37.6 Å². The average molecular weight is 357 g/mol. The van der Waals surface area contributed by atoms with E-state index >= 15 is 0 Å². The summed E-state index contributed by atoms with van der Waals surface area (Å²) in [5.74, 6) is -0.515. The lowest BCUT2D eigenvalue weighted by Crippen LogP contribution is -2.32. The normalized spacial score (nSPS) is 10.4. The minimum absolute atomic E-state index is 0.0383. The Morgan fingerprint density at radius 1 is 1.31 bits per heavy atom. The van der Waals surface area contributed by atoms with E-state index in [4.69, 9.17) is 9.47 Å². The highest BCUT2D eigenvalue weighted by molar-refractivity contribution is 5.95. The van der Waals surface area contributed by atoms with Crippen LogP contribution in [0.3, 0.4) is 0 Å². The average Bonchev–Trinajstić information content (AvgIpc) is 2.67. The van der Waals surface area contributed by atoms with Gasteiger partial charge in [0.1, 0.15) is 6.61 Å². The summed E-state index contributed by atoms with van der Waals surface area (Å²) in [4.78, 5) is 25.2. The number of carbonyl (C=O) groups excluding carboxylic acids is 1. The van der Waals surface area contributed by atoms with Gasteiger partial charge in [0.05, 0.1) is 6.61 Å². The molecule has 2 aromatic rings. The number of nitrogens with zero attached hydrogens (tertiary/aromatic N) is 2. The van der Waals surface area contributed by atoms with Gasteiger partial charge < -0.3 is 14.8 Å². The van der Waals surface area contributed by atoms with Crippen LogP contribution in [0.5, 0.6) is 5.75 Å². The highest BCUT2D eigenvalue weighted by atomic mass is 16.5. The van der Waals surface area contributed by atoms with Crippen LogP contribution in [0.2, 0.25) is 0 Å². The summed E-state index contributed by atoms with van der Waals surface area (Å²) < 4.78 is 12.0. The van der Waals surface area contributed by atoms with Gasteiger partial charge in [0.25, 0.3) is 5.91 Å². The number of rotatable bonds is 9. The number of nitrogens with one attached hydrogen (secondary N) is 1. The van der Waals surface area contributed by atoms with E-state index in [2.05, 4.69) is 17.1 Å². The first-order chi connectivity index (χ1) is 12.6. The fraction of sp³-hybridized carbons (Fsp3) is 0.316. The molecule has 7 nitrogen and oxygen atoms in total. The zero-order chi connectivity index (χ0) is 18.9. The summed E-state index contributed by atoms with van der Waals surface area (Å²) in [6.45, 7) is 6.20. The molecule has 0 bridgehead atoms. The molecule has 138 valence electrons. The van der Waals surface area contributed by atoms with E-state index in [0.717, 1.165) is 5.56 Å². The molecule has 0 aliphatic heterocycles. The van der Waals surface area contributed by atoms with Crippen molar-refractivity contribution in [2.45, 2.75) is 20.0 Å². The number of methoxy groups -OCH3 is 1. The Hall–Kier alpha value is -2.93. The van der Waals surface area contributed by atoms with E-state index in [0.29, 0.717) is 25.3 Å². The maximum Gasteiger partial charge on any atom is 0.274 e. The molecule has 2 rings (SSSR count). The number of hydrogen-bond donors (Lipinski definition) is 1. The minimum atomic E-state index is -0.468. The zero-order valence-corrected chi connectivity index (χ0v) is 15.0. The molecule has 1 N–H and O–H groups in total. The third-order valence-corrected chi connectivity index (χ3v) is 3.76. The van der Waals surface area contributed by atoms with Crippen LogP contribution in [-0.2, 0) is 17.8 Å². The van der Waals surface area contributed by atoms with Gasteiger partial charge in [-0.25, -0.2) is 4.68 Å². The number of amides is 1. The fourth-order valence-electron chi connectivity index (χ4n) is 2.47. The smallest absolute Gasteiger partial charge is 0.274 e. The second kappa shape index (κ2) is 9.53. The van der Waals surface area contributed by atoms with Crippen molar-refractivity contribution in [2.24, 2.45) is 5.10 Å². The first-order valence-corrected chi connectivity index (χ1v) is 8.32. The van der Waals surface area contributed by atoms with E-state index in [-0.39, 0.29) is 23.5 Å². The van der Waals surface area contributed by atoms with Crippen molar-refractivity contribution >= 4 is 12.6 Å². The Balaban J connectivity index is 2.42. The van der Waals surface area contributed by atoms with Crippen LogP contribution in [0.25, 0.3) is 0 Å². The molecule has 1 amide bonds. The Bertz CT molecular complexity index is 816. The van der Waals surface area contributed by atoms with Crippen LogP contribution in [0.4, 0.5) is 0 Å². The van der Waals surface area contributed by atoms with E-state index in [1.807, 2.05) is 37.3 Å². The summed E-state index contributed by atoms with van der Waals surface area (Å²) >= 11 is 0. The lowest BCUT2D eigenvalue weighted by molar-refractivity contribution is 0.0921. The van der Waals surface area contributed by atoms with Crippen molar-refractivity contribution in [1.82, 2.24) is 9.99 Å². The molecule has 0 atom stereocenters. The van der Waals surface area contributed by atoms with Gasteiger partial charge in [-0.15, -0.1) is 0 Å². The number of ether oxygens (including phenoxy) is 2. The molecule has 1 aromatic heterocycles. The van der Waals surface area contributed by atoms with Gasteiger partial charge in [-0.1, -0.05) is 37.3 Å². The predicted octanol–water partition coefficient (Wildman–Crippen LogP) is 1.83. The Kier molecular flexibility index (Phi) is 7.11. The number of carbonyl (C=O) groups is 1. The maximum absolute atomic E-state index is 12.7. The molecule has 0 spiro atoms. The number of aryl methyl sites for hydroxylation is 1. The lowest BCUT2D eigenvalue weighted by Gasteiger charge is -2.17. The molecular formula is C19H23N3O4. The maximum atomic E-state index is 12.7. The van der Waals surface area contributed by atoms with Crippen molar-refractivity contribution in [3.63, 3.8) is 0 Å². The minimum Gasteiger partial charge on any atom is -0.482 e. The highest BCUT2D eigenvalue weighted by Crippen LogP contribution is 2.18. The second-order valence-electron chi connectivity index (χ2n) is 5.51. The van der Waals surface area contributed by atoms with Gasteiger partial charge in [0, 0.05) is 32.1 Å². The van der Waals surface area contributed by atoms with Crippen LogP contribution in [0.1, 0.15) is 28.7 Å². The van der Waals surface area contributed by atoms with Gasteiger partial charge >= 0.3 is 0 Å². The van der Waals surface area contributed by atoms with Gasteiger partial charge in [0.2, 0.25) is 5.43 Å². The van der Waals surface area contributed by atoms with Crippen LogP contribution in [0, 0.1) is 0 Å². The number of benzene rings is 1. The Morgan fingerprint density at radius 3 is 2.65 bits per heavy atom. The van der Waals surface area contributed by atoms with Crippen molar-refractivity contribution in [1.29, 1.82) is 0 Å². The Morgan fingerprint density at radius 2 is 2.04 bits per heavy atom. The van der Waals surface area contributed by atoms with Crippen LogP contribution in [0.15, 0.2) is 46.3 Å². The largest absolute Gasteiger partial charge is 0.482 e. The van der Waals surface area contributed by atoms with Crippen molar-refractivity contribution < 1.29 is 14.3 Å². The molecule has 1 aromatic carbocycles. The summed E-state index contributed by atoms with van der Waals surface area (Å²) in [7, 11) is 1.54. The van der Waals surface area contributed by atoms with E-state index in [1.54, 1.807) is 7.11 Å². The predicted molar refractivity (Wildman–Crippen MR) is 100 cm³/mol. The highest BCUT2D eigenvalue weighted by Gasteiger charge is 2.22. The number of hydrogen-bond acceptors (Lipinski definition) is 5. The van der Waals surface area contributed by atoms with Crippen LogP contribution < -0.4 is 15.5 Å². The molecule has 0 unspecified atom stereocenters. The fourth-order valence-corrected chi connectivity index (χ4v) is 2.47. The molecule has 26 heavy (non-hydrogen) atoms. The van der Waals surface area contributed by atoms with E-state index in [1.165, 1.54) is 10.7 Å². The first kappa shape index (κ1) is 19.4. The van der Waals surface area contributed by atoms with E-state index < -0.39 is 5.91 Å². The van der Waals surface area contributed by atoms with Gasteiger partial charge in [0.15, 0.2) is 11.4 Å². The second-order valence-corrected chi connectivity index (χ2v) is 5.51. The molecule has 0 saturated carbocycles. The first-order valence-electron chi connectivity index (χ1n) is 8.32. The standard InChI is InChI=1S/C19H23N3O4/c1-4-15-12-16(23)18(26-13-14-8-6-5-7-9-14)17(22(15)20-2)19(24)21-10-11-25-3/h5-9,12H,2,4,10-11,13H2,1,3H3,(H,21,24). The van der Waals surface area contributed by atoms with E-state index in [9.17, 15) is 9.59 Å². The monoisotopic (exact) mass is 357 g/mol. The molecule has 0 saturated heterocycles. The topological polar surface area (TPSA) is 81.9 Å². The van der Waals surface area contributed by atoms with Crippen molar-refractivity contribution in [3.05, 3.63) is 63.6 Å². The summed E-state index contributed by atoms with van der Waals surface area (Å²) in [6.07, 6.45) is 0.519. The zero-order valence-electron chi connectivity index (χ0n) is 15.0. The van der Waals surface area contributed by atoms with Gasteiger partial charge in [-0.2, -0.15) is 5.10 Å². The third kappa shape index (κ3) is 4.58. The summed E-state index contributed by atoms with van der Waals surface area (Å²) in [6, 6.07) is 10.8. The molecule has 7 heteroatoms. The third-order valence-electron chi connectivity index (χ3n) is 3.76. The van der Waals surface area contributed by atoms with Crippen molar-refractivity contribution in [3.8, 4) is 5.75 Å². The summed E-state index contributed by atoms with van der Waals surface area (Å²) in [5, 5.41) is 6.60. The molecule has 1 heterocycles. The number of aromatic nitrogens is 1. The summed E-state index contributed by atoms with van der Waals surface area (Å²) in [5.41, 5.74) is 1.13. The Labute approximate surface area is 152 Å². The molecular weight excluding hydrogens is 334 g/mol. The quantitative estimate of drug-likeness (QED) is 0.548. The van der Waals surface area contributed by atoms with Gasteiger partial charge in [-0.05, 0) is 12.0 Å². The van der Waals surface area contributed by atoms with Crippen LogP contribution >= 0.6 is 0 Å². The molecule has 0 fully saturated rings. The molecule has 0 aliphatic rings. The van der Waals surface area contributed by atoms with Gasteiger partial charge in [-0.3, -0.25) is 9.59 Å². The number of pyridine rings is 1. The molecule has 0 aliphatic carbocycles. The lowest BCUT2D eigenvalue weighted by atomic mass is 10.2. The SMILES string of the molecule is C=Nn1c(CC)cc(=O)c(OCc2ccccc2)c1C(=O)NCCOC.